The van der Waals surface area contributed by atoms with Crippen LogP contribution in [0.3, 0.4) is 0 Å². The van der Waals surface area contributed by atoms with Crippen molar-refractivity contribution in [1.29, 1.82) is 0 Å². The normalized spacial score (nSPS) is 17.8. The van der Waals surface area contributed by atoms with Crippen molar-refractivity contribution in [3.05, 3.63) is 28.8 Å². The first-order chi connectivity index (χ1) is 9.47. The summed E-state index contributed by atoms with van der Waals surface area (Å²) in [5, 5.41) is 3.07. The van der Waals surface area contributed by atoms with Crippen LogP contribution < -0.4 is 5.32 Å². The van der Waals surface area contributed by atoms with E-state index in [9.17, 15) is 13.2 Å². The predicted octanol–water partition coefficient (Wildman–Crippen LogP) is 5.74. The molecule has 0 radical (unpaired) electrons. The van der Waals surface area contributed by atoms with E-state index in [2.05, 4.69) is 5.32 Å². The summed E-state index contributed by atoms with van der Waals surface area (Å²) in [6.07, 6.45) is 2.66. The monoisotopic (exact) mass is 305 g/mol. The number of benzene rings is 1. The average Bonchev–Trinajstić information content (AvgIpc) is 2.64. The van der Waals surface area contributed by atoms with Crippen molar-refractivity contribution in [3.8, 4) is 0 Å². The number of rotatable bonds is 3. The molecule has 0 unspecified atom stereocenters. The molecule has 1 aromatic rings. The highest BCUT2D eigenvalue weighted by Gasteiger charge is 2.33. The third-order valence-corrected chi connectivity index (χ3v) is 4.08. The molecule has 1 nitrogen and oxygen atoms in total. The van der Waals surface area contributed by atoms with Gasteiger partial charge < -0.3 is 5.32 Å². The summed E-state index contributed by atoms with van der Waals surface area (Å²) in [7, 11) is 0. The Kier molecular flexibility index (Phi) is 5.19. The zero-order chi connectivity index (χ0) is 14.6. The first kappa shape index (κ1) is 15.5. The van der Waals surface area contributed by atoms with E-state index in [1.807, 2.05) is 0 Å². The van der Waals surface area contributed by atoms with Crippen LogP contribution >= 0.6 is 11.6 Å². The lowest BCUT2D eigenvalue weighted by Crippen LogP contribution is -2.17. The maximum absolute atomic E-state index is 13.0. The molecule has 1 fully saturated rings. The summed E-state index contributed by atoms with van der Waals surface area (Å²) in [6.45, 7) is 0.602. The molecule has 0 saturated heterocycles. The molecule has 0 atom stereocenters. The Hall–Kier alpha value is -0.900. The molecule has 1 aromatic carbocycles. The second-order valence-corrected chi connectivity index (χ2v) is 5.86. The van der Waals surface area contributed by atoms with Crippen LogP contribution in [0.1, 0.15) is 44.1 Å². The lowest BCUT2D eigenvalue weighted by Gasteiger charge is -2.19. The molecule has 0 aliphatic heterocycles. The van der Waals surface area contributed by atoms with Gasteiger partial charge in [0, 0.05) is 17.3 Å². The SMILES string of the molecule is FC(F)(F)c1cc(Cl)ccc1NCC1CCCCCC1. The van der Waals surface area contributed by atoms with Crippen molar-refractivity contribution in [1.82, 2.24) is 0 Å². The zero-order valence-corrected chi connectivity index (χ0v) is 12.0. The fourth-order valence-electron chi connectivity index (χ4n) is 2.73. The van der Waals surface area contributed by atoms with E-state index in [1.54, 1.807) is 0 Å². The van der Waals surface area contributed by atoms with Crippen molar-refractivity contribution >= 4 is 17.3 Å². The van der Waals surface area contributed by atoms with Crippen LogP contribution in [0.4, 0.5) is 18.9 Å². The van der Waals surface area contributed by atoms with Gasteiger partial charge in [-0.2, -0.15) is 13.2 Å². The largest absolute Gasteiger partial charge is 0.418 e. The molecule has 5 heteroatoms. The van der Waals surface area contributed by atoms with Gasteiger partial charge in [-0.1, -0.05) is 37.3 Å². The Morgan fingerprint density at radius 1 is 1.10 bits per heavy atom. The fraction of sp³-hybridized carbons (Fsp3) is 0.600. The van der Waals surface area contributed by atoms with Crippen molar-refractivity contribution in [2.75, 3.05) is 11.9 Å². The lowest BCUT2D eigenvalue weighted by atomic mass is 10.00. The Bertz CT molecular complexity index is 437. The van der Waals surface area contributed by atoms with Crippen LogP contribution in [0.15, 0.2) is 18.2 Å². The lowest BCUT2D eigenvalue weighted by molar-refractivity contribution is -0.136. The van der Waals surface area contributed by atoms with Crippen LogP contribution in [0.25, 0.3) is 0 Å². The van der Waals surface area contributed by atoms with E-state index in [0.717, 1.165) is 18.9 Å². The van der Waals surface area contributed by atoms with Crippen LogP contribution in [-0.4, -0.2) is 6.54 Å². The highest BCUT2D eigenvalue weighted by Crippen LogP contribution is 2.36. The van der Waals surface area contributed by atoms with E-state index in [0.29, 0.717) is 12.5 Å². The Morgan fingerprint density at radius 2 is 1.75 bits per heavy atom. The summed E-state index contributed by atoms with van der Waals surface area (Å²) in [5.74, 6) is 0.467. The van der Waals surface area contributed by atoms with E-state index in [-0.39, 0.29) is 10.7 Å². The summed E-state index contributed by atoms with van der Waals surface area (Å²) in [4.78, 5) is 0. The van der Waals surface area contributed by atoms with Crippen molar-refractivity contribution in [3.63, 3.8) is 0 Å². The summed E-state index contributed by atoms with van der Waals surface area (Å²) < 4.78 is 38.9. The molecule has 1 saturated carbocycles. The molecular formula is C15H19ClF3N. The molecule has 0 bridgehead atoms. The summed E-state index contributed by atoms with van der Waals surface area (Å²) >= 11 is 5.67. The molecule has 20 heavy (non-hydrogen) atoms. The minimum Gasteiger partial charge on any atom is -0.384 e. The topological polar surface area (TPSA) is 12.0 Å². The van der Waals surface area contributed by atoms with Crippen molar-refractivity contribution in [2.45, 2.75) is 44.7 Å². The highest BCUT2D eigenvalue weighted by atomic mass is 35.5. The molecule has 0 spiro atoms. The third kappa shape index (κ3) is 4.30. The molecule has 1 aliphatic carbocycles. The number of hydrogen-bond donors (Lipinski definition) is 1. The van der Waals surface area contributed by atoms with E-state index in [4.69, 9.17) is 11.6 Å². The van der Waals surface area contributed by atoms with Gasteiger partial charge in [-0.15, -0.1) is 0 Å². The third-order valence-electron chi connectivity index (χ3n) is 3.84. The number of halogens is 4. The number of hydrogen-bond acceptors (Lipinski definition) is 1. The van der Waals surface area contributed by atoms with Gasteiger partial charge in [-0.3, -0.25) is 0 Å². The Morgan fingerprint density at radius 3 is 2.35 bits per heavy atom. The molecule has 112 valence electrons. The average molecular weight is 306 g/mol. The first-order valence-electron chi connectivity index (χ1n) is 7.07. The maximum atomic E-state index is 13.0. The fourth-order valence-corrected chi connectivity index (χ4v) is 2.90. The van der Waals surface area contributed by atoms with Crippen LogP contribution in [0, 0.1) is 5.92 Å². The molecule has 0 amide bonds. The first-order valence-corrected chi connectivity index (χ1v) is 7.45. The zero-order valence-electron chi connectivity index (χ0n) is 11.3. The van der Waals surface area contributed by atoms with Gasteiger partial charge in [0.2, 0.25) is 0 Å². The van der Waals surface area contributed by atoms with Crippen molar-refractivity contribution in [2.24, 2.45) is 5.92 Å². The predicted molar refractivity (Wildman–Crippen MR) is 76.1 cm³/mol. The van der Waals surface area contributed by atoms with Gasteiger partial charge in [0.15, 0.2) is 0 Å². The van der Waals surface area contributed by atoms with Gasteiger partial charge >= 0.3 is 6.18 Å². The Balaban J connectivity index is 2.05. The summed E-state index contributed by atoms with van der Waals surface area (Å²) in [6, 6.07) is 3.89. The van der Waals surface area contributed by atoms with E-state index in [1.165, 1.54) is 37.8 Å². The second-order valence-electron chi connectivity index (χ2n) is 5.43. The van der Waals surface area contributed by atoms with Gasteiger partial charge in [0.1, 0.15) is 0 Å². The number of alkyl halides is 3. The van der Waals surface area contributed by atoms with Gasteiger partial charge in [0.25, 0.3) is 0 Å². The molecule has 1 N–H and O–H groups in total. The van der Waals surface area contributed by atoms with Crippen LogP contribution in [0.5, 0.6) is 0 Å². The standard InChI is InChI=1S/C15H19ClF3N/c16-12-7-8-14(13(9-12)15(17,18)19)20-10-11-5-3-1-2-4-6-11/h7-9,11,20H,1-6,10H2. The maximum Gasteiger partial charge on any atom is 0.418 e. The minimum atomic E-state index is -4.38. The number of nitrogens with one attached hydrogen (secondary N) is 1. The van der Waals surface area contributed by atoms with Gasteiger partial charge in [0.05, 0.1) is 5.56 Å². The molecule has 2 rings (SSSR count). The quantitative estimate of drug-likeness (QED) is 0.702. The molecular weight excluding hydrogens is 287 g/mol. The van der Waals surface area contributed by atoms with Crippen LogP contribution in [0.2, 0.25) is 5.02 Å². The highest BCUT2D eigenvalue weighted by molar-refractivity contribution is 6.30. The van der Waals surface area contributed by atoms with Gasteiger partial charge in [-0.05, 0) is 37.0 Å². The van der Waals surface area contributed by atoms with Crippen molar-refractivity contribution < 1.29 is 13.2 Å². The smallest absolute Gasteiger partial charge is 0.384 e. The molecule has 0 heterocycles. The number of anilines is 1. The minimum absolute atomic E-state index is 0.109. The van der Waals surface area contributed by atoms with Gasteiger partial charge in [-0.25, -0.2) is 0 Å². The Labute approximate surface area is 122 Å². The van der Waals surface area contributed by atoms with E-state index < -0.39 is 11.7 Å². The second kappa shape index (κ2) is 6.70. The van der Waals surface area contributed by atoms with E-state index >= 15 is 0 Å². The molecule has 0 aromatic heterocycles. The molecule has 1 aliphatic rings. The summed E-state index contributed by atoms with van der Waals surface area (Å²) in [5.41, 5.74) is -0.551. The van der Waals surface area contributed by atoms with Crippen LogP contribution in [-0.2, 0) is 6.18 Å².